The summed E-state index contributed by atoms with van der Waals surface area (Å²) >= 11 is 0. The first kappa shape index (κ1) is 43.0. The molecule has 342 valence electrons. The molecule has 4 aliphatic rings. The number of hydrogen-bond donors (Lipinski definition) is 4. The van der Waals surface area contributed by atoms with Crippen LogP contribution in [0.25, 0.3) is 44.2 Å². The van der Waals surface area contributed by atoms with Crippen molar-refractivity contribution in [1.82, 2.24) is 40.4 Å². The molecular weight excluding hydrogens is 837 g/mol. The third kappa shape index (κ3) is 7.98. The summed E-state index contributed by atoms with van der Waals surface area (Å²) in [7, 11) is 2.60. The zero-order valence-corrected chi connectivity index (χ0v) is 37.8. The van der Waals surface area contributed by atoms with Crippen molar-refractivity contribution >= 4 is 45.8 Å². The fourth-order valence-electron chi connectivity index (χ4n) is 10.6. The minimum absolute atomic E-state index is 0.120. The summed E-state index contributed by atoms with van der Waals surface area (Å²) in [6.45, 7) is 5.31. The van der Waals surface area contributed by atoms with Crippen molar-refractivity contribution in [3.8, 4) is 28.1 Å². The number of rotatable bonds is 10. The molecule has 4 atom stereocenters. The fourth-order valence-corrected chi connectivity index (χ4v) is 10.6. The molecular formula is C51H56N8O7. The van der Waals surface area contributed by atoms with Gasteiger partial charge in [0.2, 0.25) is 5.91 Å². The lowest BCUT2D eigenvalue weighted by molar-refractivity contribution is -0.135. The van der Waals surface area contributed by atoms with Crippen LogP contribution in [0.3, 0.4) is 0 Å². The second-order valence-corrected chi connectivity index (χ2v) is 18.4. The summed E-state index contributed by atoms with van der Waals surface area (Å²) in [5.74, 6) is 2.26. The van der Waals surface area contributed by atoms with Gasteiger partial charge < -0.3 is 44.6 Å². The lowest BCUT2D eigenvalue weighted by Gasteiger charge is -2.30. The molecule has 66 heavy (non-hydrogen) atoms. The molecule has 3 fully saturated rings. The third-order valence-electron chi connectivity index (χ3n) is 14.2. The van der Waals surface area contributed by atoms with Gasteiger partial charge in [-0.05, 0) is 108 Å². The van der Waals surface area contributed by atoms with E-state index in [9.17, 15) is 19.2 Å². The van der Waals surface area contributed by atoms with E-state index in [1.54, 1.807) is 0 Å². The number of ether oxygens (including phenoxy) is 3. The highest BCUT2D eigenvalue weighted by Gasteiger charge is 2.39. The fraction of sp³-hybridized carbons (Fsp3) is 0.412. The molecule has 2 aromatic heterocycles. The molecule has 2 saturated heterocycles. The van der Waals surface area contributed by atoms with Crippen LogP contribution in [0.5, 0.6) is 5.75 Å². The molecule has 15 heteroatoms. The quantitative estimate of drug-likeness (QED) is 0.104. The number of carbonyl (C=O) groups excluding carboxylic acids is 4. The minimum Gasteiger partial charge on any atom is -0.488 e. The smallest absolute Gasteiger partial charge is 0.407 e. The number of aromatic amines is 2. The standard InChI is InChI=1S/C51H56N8O7/c1-28(2)43(56-50(62)64-3)48(60)58-21-7-11-40(58)46-52-26-39(54-46)33-17-19-35-34(23-33)27-66-42-25-36-32(24-37(35)42)18-20-38-45(36)55-47(53-38)41-12-8-22-59(41)49(61)44(57-51(63)65-4)31-15-13-30(14-16-31)29-9-5-6-10-29/h13-20,23-26,28-29,40-41,43-44H,5-12,21-22,27H2,1-4H3,(H,52,54)(H,53,55)(H,56,62)(H,57,63)/t40-,41-,43-,44+/m0/s1. The van der Waals surface area contributed by atoms with Crippen molar-refractivity contribution in [2.75, 3.05) is 27.3 Å². The van der Waals surface area contributed by atoms with Crippen LogP contribution in [0.1, 0.15) is 118 Å². The number of fused-ring (bicyclic) bond motifs is 6. The molecule has 1 saturated carbocycles. The maximum absolute atomic E-state index is 14.4. The largest absolute Gasteiger partial charge is 0.488 e. The van der Waals surface area contributed by atoms with E-state index in [4.69, 9.17) is 24.2 Å². The number of carbonyl (C=O) groups is 4. The van der Waals surface area contributed by atoms with E-state index in [1.165, 1.54) is 45.5 Å². The van der Waals surface area contributed by atoms with E-state index in [0.29, 0.717) is 37.3 Å². The van der Waals surface area contributed by atoms with Gasteiger partial charge in [-0.15, -0.1) is 0 Å². The van der Waals surface area contributed by atoms with Gasteiger partial charge in [0.1, 0.15) is 36.1 Å². The summed E-state index contributed by atoms with van der Waals surface area (Å²) in [4.78, 5) is 73.4. The molecule has 4 amide bonds. The van der Waals surface area contributed by atoms with E-state index in [1.807, 2.05) is 48.0 Å². The summed E-state index contributed by atoms with van der Waals surface area (Å²) < 4.78 is 16.2. The molecule has 10 rings (SSSR count). The number of benzene rings is 4. The maximum atomic E-state index is 14.4. The van der Waals surface area contributed by atoms with Gasteiger partial charge in [-0.3, -0.25) is 9.59 Å². The summed E-state index contributed by atoms with van der Waals surface area (Å²) in [6, 6.07) is 20.7. The summed E-state index contributed by atoms with van der Waals surface area (Å²) in [6.07, 6.45) is 8.50. The molecule has 0 radical (unpaired) electrons. The van der Waals surface area contributed by atoms with E-state index < -0.39 is 24.3 Å². The number of likely N-dealkylation sites (tertiary alicyclic amines) is 2. The molecule has 0 spiro atoms. The monoisotopic (exact) mass is 892 g/mol. The van der Waals surface area contributed by atoms with Crippen molar-refractivity contribution in [2.24, 2.45) is 5.92 Å². The number of nitrogens with one attached hydrogen (secondary N) is 4. The van der Waals surface area contributed by atoms with Crippen LogP contribution in [0.2, 0.25) is 0 Å². The molecule has 0 unspecified atom stereocenters. The highest BCUT2D eigenvalue weighted by molar-refractivity contribution is 6.07. The van der Waals surface area contributed by atoms with Gasteiger partial charge in [0, 0.05) is 24.0 Å². The number of aromatic nitrogens is 4. The average Bonchev–Trinajstić information content (AvgIpc) is 4.20. The van der Waals surface area contributed by atoms with E-state index in [-0.39, 0.29) is 29.8 Å². The van der Waals surface area contributed by atoms with Crippen LogP contribution in [-0.4, -0.2) is 87.1 Å². The summed E-state index contributed by atoms with van der Waals surface area (Å²) in [5.41, 5.74) is 8.58. The van der Waals surface area contributed by atoms with Crippen LogP contribution in [0.15, 0.2) is 72.9 Å². The van der Waals surface area contributed by atoms with Gasteiger partial charge in [0.05, 0.1) is 49.2 Å². The lowest BCUT2D eigenvalue weighted by atomic mass is 9.92. The minimum atomic E-state index is -0.900. The Labute approximate surface area is 383 Å². The number of hydrogen-bond acceptors (Lipinski definition) is 9. The number of imidazole rings is 2. The Balaban J connectivity index is 0.883. The van der Waals surface area contributed by atoms with Crippen molar-refractivity contribution in [3.05, 3.63) is 101 Å². The Kier molecular flexibility index (Phi) is 11.6. The number of amides is 4. The zero-order chi connectivity index (χ0) is 45.6. The molecule has 6 aromatic rings. The average molecular weight is 893 g/mol. The van der Waals surface area contributed by atoms with E-state index in [2.05, 4.69) is 69.1 Å². The highest BCUT2D eigenvalue weighted by Crippen LogP contribution is 2.44. The molecule has 3 aliphatic heterocycles. The van der Waals surface area contributed by atoms with Gasteiger partial charge in [0.25, 0.3) is 5.91 Å². The lowest BCUT2D eigenvalue weighted by Crippen LogP contribution is -2.51. The number of H-pyrrole nitrogens is 2. The van der Waals surface area contributed by atoms with Crippen molar-refractivity contribution in [3.63, 3.8) is 0 Å². The number of alkyl carbamates (subject to hydrolysis) is 2. The molecule has 4 N–H and O–H groups in total. The first-order valence-corrected chi connectivity index (χ1v) is 23.3. The third-order valence-corrected chi connectivity index (χ3v) is 14.2. The maximum Gasteiger partial charge on any atom is 0.407 e. The Morgan fingerprint density at radius 1 is 0.758 bits per heavy atom. The molecule has 15 nitrogen and oxygen atoms in total. The Morgan fingerprint density at radius 3 is 2.20 bits per heavy atom. The van der Waals surface area contributed by atoms with Crippen LogP contribution < -0.4 is 15.4 Å². The number of methoxy groups -OCH3 is 2. The van der Waals surface area contributed by atoms with Crippen molar-refractivity contribution in [1.29, 1.82) is 0 Å². The van der Waals surface area contributed by atoms with Crippen LogP contribution >= 0.6 is 0 Å². The molecule has 5 heterocycles. The SMILES string of the molecule is COC(=O)N[C@H](C(=O)N1CCC[C@H]1c1ncc(-c2ccc3c(c2)COc2cc4c(ccc5[nH]c([C@@H]6CCCN6C(=O)[C@H](NC(=O)OC)c6ccc(C7CCCC7)cc6)nc54)cc2-3)[nH]1)C(C)C. The van der Waals surface area contributed by atoms with E-state index in [0.717, 1.165) is 86.7 Å². The molecule has 1 aliphatic carbocycles. The van der Waals surface area contributed by atoms with Gasteiger partial charge >= 0.3 is 12.2 Å². The Morgan fingerprint density at radius 2 is 1.47 bits per heavy atom. The van der Waals surface area contributed by atoms with Crippen molar-refractivity contribution in [2.45, 2.75) is 102 Å². The normalized spacial score (nSPS) is 19.1. The second-order valence-electron chi connectivity index (χ2n) is 18.4. The van der Waals surface area contributed by atoms with Crippen LogP contribution in [0.4, 0.5) is 9.59 Å². The van der Waals surface area contributed by atoms with Gasteiger partial charge in [0.15, 0.2) is 0 Å². The van der Waals surface area contributed by atoms with Gasteiger partial charge in [-0.25, -0.2) is 19.6 Å². The first-order chi connectivity index (χ1) is 32.1. The highest BCUT2D eigenvalue weighted by atomic mass is 16.5. The second kappa shape index (κ2) is 17.8. The number of nitrogens with zero attached hydrogens (tertiary/aromatic N) is 4. The Hall–Kier alpha value is -6.90. The Bertz CT molecular complexity index is 2830. The van der Waals surface area contributed by atoms with Crippen LogP contribution in [-0.2, 0) is 25.7 Å². The molecule has 4 aromatic carbocycles. The summed E-state index contributed by atoms with van der Waals surface area (Å²) in [5, 5.41) is 7.49. The first-order valence-electron chi connectivity index (χ1n) is 23.3. The van der Waals surface area contributed by atoms with Gasteiger partial charge in [-0.2, -0.15) is 0 Å². The predicted molar refractivity (Wildman–Crippen MR) is 248 cm³/mol. The van der Waals surface area contributed by atoms with Crippen molar-refractivity contribution < 1.29 is 33.4 Å². The van der Waals surface area contributed by atoms with Crippen LogP contribution in [0, 0.1) is 5.92 Å². The molecule has 0 bridgehead atoms. The zero-order valence-electron chi connectivity index (χ0n) is 37.8. The van der Waals surface area contributed by atoms with Gasteiger partial charge in [-0.1, -0.05) is 69.2 Å². The topological polar surface area (TPSA) is 184 Å². The predicted octanol–water partition coefficient (Wildman–Crippen LogP) is 9.13. The van der Waals surface area contributed by atoms with E-state index >= 15 is 0 Å².